The van der Waals surface area contributed by atoms with Gasteiger partial charge < -0.3 is 5.73 Å². The van der Waals surface area contributed by atoms with E-state index in [4.69, 9.17) is 5.73 Å². The van der Waals surface area contributed by atoms with Crippen molar-refractivity contribution < 1.29 is 4.39 Å². The standard InChI is InChI=1S/C15H13FN2S/c16-12-6-5-10(7-11(12)9-17)8-15-18-13-3-1-2-4-14(13)19-15/h1-7H,8-9,17H2. The molecule has 2 nitrogen and oxygen atoms in total. The Labute approximate surface area is 114 Å². The van der Waals surface area contributed by atoms with Crippen molar-refractivity contribution in [2.24, 2.45) is 5.73 Å². The summed E-state index contributed by atoms with van der Waals surface area (Å²) >= 11 is 1.67. The van der Waals surface area contributed by atoms with E-state index in [9.17, 15) is 4.39 Å². The summed E-state index contributed by atoms with van der Waals surface area (Å²) in [5.74, 6) is -0.240. The average molecular weight is 272 g/mol. The Morgan fingerprint density at radius 2 is 2.00 bits per heavy atom. The van der Waals surface area contributed by atoms with Crippen molar-refractivity contribution in [2.75, 3.05) is 0 Å². The van der Waals surface area contributed by atoms with Crippen LogP contribution in [0.5, 0.6) is 0 Å². The zero-order valence-electron chi connectivity index (χ0n) is 10.3. The maximum absolute atomic E-state index is 13.4. The maximum atomic E-state index is 13.4. The number of benzene rings is 2. The number of halogens is 1. The molecule has 3 rings (SSSR count). The lowest BCUT2D eigenvalue weighted by Gasteiger charge is -2.03. The smallest absolute Gasteiger partial charge is 0.127 e. The van der Waals surface area contributed by atoms with Gasteiger partial charge in [0.15, 0.2) is 0 Å². The molecule has 2 aromatic carbocycles. The number of aromatic nitrogens is 1. The van der Waals surface area contributed by atoms with Gasteiger partial charge in [0.05, 0.1) is 15.2 Å². The molecular formula is C15H13FN2S. The first-order chi connectivity index (χ1) is 9.26. The Kier molecular flexibility index (Phi) is 3.27. The summed E-state index contributed by atoms with van der Waals surface area (Å²) in [6.07, 6.45) is 0.715. The summed E-state index contributed by atoms with van der Waals surface area (Å²) in [4.78, 5) is 4.58. The second kappa shape index (κ2) is 5.07. The minimum absolute atomic E-state index is 0.222. The van der Waals surface area contributed by atoms with Crippen molar-refractivity contribution >= 4 is 21.6 Å². The maximum Gasteiger partial charge on any atom is 0.127 e. The molecule has 4 heteroatoms. The number of nitrogens with zero attached hydrogens (tertiary/aromatic N) is 1. The summed E-state index contributed by atoms with van der Waals surface area (Å²) in [6, 6.07) is 13.1. The normalized spacial score (nSPS) is 11.1. The van der Waals surface area contributed by atoms with Gasteiger partial charge in [-0.15, -0.1) is 11.3 Å². The molecule has 0 atom stereocenters. The van der Waals surface area contributed by atoms with Crippen molar-refractivity contribution in [3.05, 3.63) is 64.4 Å². The van der Waals surface area contributed by atoms with Gasteiger partial charge >= 0.3 is 0 Å². The van der Waals surface area contributed by atoms with E-state index in [0.29, 0.717) is 12.0 Å². The summed E-state index contributed by atoms with van der Waals surface area (Å²) in [5, 5.41) is 1.04. The largest absolute Gasteiger partial charge is 0.326 e. The van der Waals surface area contributed by atoms with Crippen LogP contribution in [0.3, 0.4) is 0 Å². The average Bonchev–Trinajstić information content (AvgIpc) is 2.83. The molecule has 2 N–H and O–H groups in total. The van der Waals surface area contributed by atoms with Crippen molar-refractivity contribution in [1.82, 2.24) is 4.98 Å². The lowest BCUT2D eigenvalue weighted by atomic mass is 10.1. The third-order valence-electron chi connectivity index (χ3n) is 3.02. The minimum atomic E-state index is -0.240. The molecule has 19 heavy (non-hydrogen) atoms. The van der Waals surface area contributed by atoms with Crippen LogP contribution in [0.25, 0.3) is 10.2 Å². The summed E-state index contributed by atoms with van der Waals surface area (Å²) < 4.78 is 14.6. The molecule has 1 aromatic heterocycles. The zero-order valence-corrected chi connectivity index (χ0v) is 11.1. The van der Waals surface area contributed by atoms with E-state index in [0.717, 1.165) is 16.1 Å². The van der Waals surface area contributed by atoms with E-state index in [2.05, 4.69) is 11.1 Å². The van der Waals surface area contributed by atoms with Gasteiger partial charge in [0.1, 0.15) is 5.82 Å². The van der Waals surface area contributed by atoms with E-state index < -0.39 is 0 Å². The van der Waals surface area contributed by atoms with Gasteiger partial charge in [0.25, 0.3) is 0 Å². The van der Waals surface area contributed by atoms with E-state index in [1.54, 1.807) is 17.4 Å². The molecule has 0 radical (unpaired) electrons. The molecule has 1 heterocycles. The predicted octanol–water partition coefficient (Wildman–Crippen LogP) is 3.48. The number of rotatable bonds is 3. The highest BCUT2D eigenvalue weighted by Crippen LogP contribution is 2.24. The Hall–Kier alpha value is -1.78. The highest BCUT2D eigenvalue weighted by atomic mass is 32.1. The quantitative estimate of drug-likeness (QED) is 0.792. The Bertz CT molecular complexity index is 688. The second-order valence-corrected chi connectivity index (χ2v) is 5.50. The molecule has 0 aliphatic rings. The van der Waals surface area contributed by atoms with Gasteiger partial charge in [-0.1, -0.05) is 24.3 Å². The van der Waals surface area contributed by atoms with Crippen LogP contribution < -0.4 is 5.73 Å². The number of fused-ring (bicyclic) bond motifs is 1. The molecule has 0 bridgehead atoms. The van der Waals surface area contributed by atoms with Gasteiger partial charge in [0.2, 0.25) is 0 Å². The van der Waals surface area contributed by atoms with Crippen LogP contribution in [0.4, 0.5) is 4.39 Å². The van der Waals surface area contributed by atoms with Crippen LogP contribution in [-0.4, -0.2) is 4.98 Å². The van der Waals surface area contributed by atoms with Crippen molar-refractivity contribution in [2.45, 2.75) is 13.0 Å². The van der Waals surface area contributed by atoms with Crippen LogP contribution in [0.2, 0.25) is 0 Å². The SMILES string of the molecule is NCc1cc(Cc2nc3ccccc3s2)ccc1F. The molecule has 0 saturated carbocycles. The number of hydrogen-bond donors (Lipinski definition) is 1. The number of thiazole rings is 1. The molecule has 0 spiro atoms. The van der Waals surface area contributed by atoms with E-state index in [1.165, 1.54) is 10.8 Å². The van der Waals surface area contributed by atoms with Crippen LogP contribution in [0.15, 0.2) is 42.5 Å². The molecular weight excluding hydrogens is 259 g/mol. The van der Waals surface area contributed by atoms with Crippen LogP contribution in [-0.2, 0) is 13.0 Å². The monoisotopic (exact) mass is 272 g/mol. The lowest BCUT2D eigenvalue weighted by Crippen LogP contribution is -2.01. The number of para-hydroxylation sites is 1. The minimum Gasteiger partial charge on any atom is -0.326 e. The van der Waals surface area contributed by atoms with Gasteiger partial charge in [0, 0.05) is 18.5 Å². The summed E-state index contributed by atoms with van der Waals surface area (Å²) in [5.41, 5.74) is 8.14. The Morgan fingerprint density at radius 1 is 1.16 bits per heavy atom. The fourth-order valence-electron chi connectivity index (χ4n) is 2.06. The van der Waals surface area contributed by atoms with E-state index >= 15 is 0 Å². The van der Waals surface area contributed by atoms with Gasteiger partial charge in [-0.05, 0) is 23.8 Å². The third-order valence-corrected chi connectivity index (χ3v) is 4.06. The van der Waals surface area contributed by atoms with Gasteiger partial charge in [-0.2, -0.15) is 0 Å². The van der Waals surface area contributed by atoms with Gasteiger partial charge in [-0.3, -0.25) is 0 Å². The van der Waals surface area contributed by atoms with Crippen molar-refractivity contribution in [3.63, 3.8) is 0 Å². The lowest BCUT2D eigenvalue weighted by molar-refractivity contribution is 0.610. The number of hydrogen-bond acceptors (Lipinski definition) is 3. The molecule has 96 valence electrons. The zero-order chi connectivity index (χ0) is 13.2. The van der Waals surface area contributed by atoms with Crippen LogP contribution in [0, 0.1) is 5.82 Å². The molecule has 0 unspecified atom stereocenters. The van der Waals surface area contributed by atoms with Crippen LogP contribution in [0.1, 0.15) is 16.1 Å². The summed E-state index contributed by atoms with van der Waals surface area (Å²) in [6.45, 7) is 0.222. The second-order valence-electron chi connectivity index (χ2n) is 4.38. The summed E-state index contributed by atoms with van der Waals surface area (Å²) in [7, 11) is 0. The van der Waals surface area contributed by atoms with Gasteiger partial charge in [-0.25, -0.2) is 9.37 Å². The fraction of sp³-hybridized carbons (Fsp3) is 0.133. The third kappa shape index (κ3) is 2.50. The molecule has 0 saturated heterocycles. The first-order valence-electron chi connectivity index (χ1n) is 6.08. The molecule has 0 aliphatic heterocycles. The first-order valence-corrected chi connectivity index (χ1v) is 6.90. The molecule has 0 aliphatic carbocycles. The molecule has 3 aromatic rings. The fourth-order valence-corrected chi connectivity index (χ4v) is 3.07. The van der Waals surface area contributed by atoms with Crippen molar-refractivity contribution in [1.29, 1.82) is 0 Å². The highest BCUT2D eigenvalue weighted by Gasteiger charge is 2.06. The van der Waals surface area contributed by atoms with E-state index in [-0.39, 0.29) is 12.4 Å². The van der Waals surface area contributed by atoms with Crippen LogP contribution >= 0.6 is 11.3 Å². The highest BCUT2D eigenvalue weighted by molar-refractivity contribution is 7.18. The molecule has 0 amide bonds. The predicted molar refractivity (Wildman–Crippen MR) is 76.7 cm³/mol. The first kappa shape index (κ1) is 12.3. The van der Waals surface area contributed by atoms with E-state index in [1.807, 2.05) is 24.3 Å². The Morgan fingerprint density at radius 3 is 2.79 bits per heavy atom. The molecule has 0 fully saturated rings. The topological polar surface area (TPSA) is 38.9 Å². The number of nitrogens with two attached hydrogens (primary N) is 1. The Balaban J connectivity index is 1.92. The van der Waals surface area contributed by atoms with Crippen molar-refractivity contribution in [3.8, 4) is 0 Å².